The number of carbonyl (C=O) groups excluding carboxylic acids is 2. The van der Waals surface area contributed by atoms with Gasteiger partial charge in [-0.15, -0.1) is 5.12 Å². The molecule has 1 aromatic rings. The molecule has 0 bridgehead atoms. The number of aromatic nitrogens is 2. The van der Waals surface area contributed by atoms with Gasteiger partial charge in [0.1, 0.15) is 12.1 Å². The molecule has 8 nitrogen and oxygen atoms in total. The number of cyclic esters (lactones) is 1. The lowest BCUT2D eigenvalue weighted by Gasteiger charge is -2.27. The average Bonchev–Trinajstić information content (AvgIpc) is 2.88. The molecule has 2 atom stereocenters. The summed E-state index contributed by atoms with van der Waals surface area (Å²) in [6, 6.07) is 0.559. The Morgan fingerprint density at radius 2 is 2.17 bits per heavy atom. The Morgan fingerprint density at radius 1 is 1.42 bits per heavy atom. The first-order chi connectivity index (χ1) is 11.6. The Balaban J connectivity index is 1.81. The fourth-order valence-electron chi connectivity index (χ4n) is 2.98. The molecule has 1 aromatic heterocycles. The summed E-state index contributed by atoms with van der Waals surface area (Å²) in [6.07, 6.45) is 2.96. The van der Waals surface area contributed by atoms with Crippen LogP contribution in [0.5, 0.6) is 0 Å². The van der Waals surface area contributed by atoms with E-state index in [0.29, 0.717) is 11.6 Å². The maximum atomic E-state index is 14.2. The SMILES string of the molecule is CC(=O)NC[C@@H]1OC(=O)N(F)C1c1ccnc(N2CCCCC2)n1. The monoisotopic (exact) mass is 337 g/mol. The molecule has 2 aliphatic rings. The van der Waals surface area contributed by atoms with Crippen LogP contribution in [-0.2, 0) is 9.53 Å². The quantitative estimate of drug-likeness (QED) is 0.835. The molecule has 2 fully saturated rings. The minimum absolute atomic E-state index is 0.0226. The second-order valence-electron chi connectivity index (χ2n) is 5.94. The Kier molecular flexibility index (Phi) is 4.77. The van der Waals surface area contributed by atoms with Crippen molar-refractivity contribution in [2.75, 3.05) is 24.5 Å². The molecule has 24 heavy (non-hydrogen) atoms. The largest absolute Gasteiger partial charge is 0.440 e. The van der Waals surface area contributed by atoms with Gasteiger partial charge in [0, 0.05) is 26.2 Å². The van der Waals surface area contributed by atoms with E-state index in [9.17, 15) is 14.1 Å². The molecule has 3 rings (SSSR count). The normalized spacial score (nSPS) is 24.0. The highest BCUT2D eigenvalue weighted by Gasteiger charge is 2.45. The molecule has 0 spiro atoms. The van der Waals surface area contributed by atoms with E-state index in [2.05, 4.69) is 20.2 Å². The van der Waals surface area contributed by atoms with Gasteiger partial charge in [-0.2, -0.15) is 0 Å². The summed E-state index contributed by atoms with van der Waals surface area (Å²) in [6.45, 7) is 3.09. The van der Waals surface area contributed by atoms with Crippen LogP contribution in [0.3, 0.4) is 0 Å². The number of halogens is 1. The van der Waals surface area contributed by atoms with Crippen LogP contribution < -0.4 is 10.2 Å². The van der Waals surface area contributed by atoms with Crippen LogP contribution in [0.4, 0.5) is 15.2 Å². The van der Waals surface area contributed by atoms with Crippen LogP contribution in [0.1, 0.15) is 37.9 Å². The number of hydrogen-bond donors (Lipinski definition) is 1. The standard InChI is InChI=1S/C15H20FN5O3/c1-10(22)18-9-12-13(21(16)15(23)24-12)11-5-6-17-14(19-11)20-7-3-2-4-8-20/h5-6,12-13H,2-4,7-9H2,1H3,(H,18,22)/t12-,13?/m0/s1. The topological polar surface area (TPSA) is 87.7 Å². The van der Waals surface area contributed by atoms with E-state index in [1.165, 1.54) is 13.3 Å². The zero-order valence-corrected chi connectivity index (χ0v) is 13.4. The van der Waals surface area contributed by atoms with E-state index in [1.54, 1.807) is 12.3 Å². The molecule has 0 saturated carbocycles. The van der Waals surface area contributed by atoms with E-state index in [0.717, 1.165) is 25.9 Å². The minimum atomic E-state index is -1.08. The Morgan fingerprint density at radius 3 is 2.88 bits per heavy atom. The molecule has 9 heteroatoms. The van der Waals surface area contributed by atoms with Gasteiger partial charge in [0.15, 0.2) is 0 Å². The van der Waals surface area contributed by atoms with E-state index in [1.807, 2.05) is 0 Å². The van der Waals surface area contributed by atoms with E-state index >= 15 is 0 Å². The first-order valence-electron chi connectivity index (χ1n) is 8.04. The number of amides is 2. The molecule has 130 valence electrons. The molecular weight excluding hydrogens is 317 g/mol. The van der Waals surface area contributed by atoms with Gasteiger partial charge in [-0.25, -0.2) is 14.8 Å². The smallest absolute Gasteiger partial charge is 0.439 e. The molecule has 2 amide bonds. The van der Waals surface area contributed by atoms with Crippen molar-refractivity contribution >= 4 is 17.9 Å². The lowest BCUT2D eigenvalue weighted by Crippen LogP contribution is -2.35. The van der Waals surface area contributed by atoms with Crippen molar-refractivity contribution in [3.8, 4) is 0 Å². The van der Waals surface area contributed by atoms with Gasteiger partial charge in [0.05, 0.1) is 12.2 Å². The first-order valence-corrected chi connectivity index (χ1v) is 8.04. The molecule has 1 N–H and O–H groups in total. The molecular formula is C15H20FN5O3. The van der Waals surface area contributed by atoms with Gasteiger partial charge >= 0.3 is 6.09 Å². The Hall–Kier alpha value is -2.45. The summed E-state index contributed by atoms with van der Waals surface area (Å²) in [5, 5.41) is 2.57. The highest BCUT2D eigenvalue weighted by molar-refractivity contribution is 5.73. The first kappa shape index (κ1) is 16.4. The summed E-state index contributed by atoms with van der Waals surface area (Å²) >= 11 is 0. The third-order valence-electron chi connectivity index (χ3n) is 4.18. The molecule has 2 saturated heterocycles. The summed E-state index contributed by atoms with van der Waals surface area (Å²) in [4.78, 5) is 33.4. The van der Waals surface area contributed by atoms with Crippen LogP contribution in [0.25, 0.3) is 0 Å². The molecule has 0 aliphatic carbocycles. The van der Waals surface area contributed by atoms with Crippen molar-refractivity contribution in [3.05, 3.63) is 18.0 Å². The zero-order valence-electron chi connectivity index (χ0n) is 13.4. The molecule has 2 aliphatic heterocycles. The van der Waals surface area contributed by atoms with Gasteiger partial charge in [-0.05, 0) is 25.3 Å². The van der Waals surface area contributed by atoms with Crippen molar-refractivity contribution < 1.29 is 18.8 Å². The summed E-state index contributed by atoms with van der Waals surface area (Å²) in [5.41, 5.74) is 0.356. The van der Waals surface area contributed by atoms with Gasteiger partial charge in [-0.1, -0.05) is 4.48 Å². The highest BCUT2D eigenvalue weighted by atomic mass is 19.2. The van der Waals surface area contributed by atoms with Crippen molar-refractivity contribution in [3.63, 3.8) is 0 Å². The van der Waals surface area contributed by atoms with E-state index < -0.39 is 18.2 Å². The molecule has 0 aromatic carbocycles. The number of nitrogens with one attached hydrogen (secondary N) is 1. The van der Waals surface area contributed by atoms with Crippen LogP contribution in [-0.4, -0.2) is 52.8 Å². The van der Waals surface area contributed by atoms with Gasteiger partial charge in [0.2, 0.25) is 11.9 Å². The average molecular weight is 337 g/mol. The summed E-state index contributed by atoms with van der Waals surface area (Å²) in [7, 11) is 0. The summed E-state index contributed by atoms with van der Waals surface area (Å²) in [5.74, 6) is 0.247. The van der Waals surface area contributed by atoms with Gasteiger partial charge < -0.3 is 15.0 Å². The molecule has 0 radical (unpaired) electrons. The van der Waals surface area contributed by atoms with Gasteiger partial charge in [0.25, 0.3) is 0 Å². The third kappa shape index (κ3) is 3.39. The maximum Gasteiger partial charge on any atom is 0.439 e. The van der Waals surface area contributed by atoms with Crippen molar-refractivity contribution in [1.82, 2.24) is 20.4 Å². The number of carbonyl (C=O) groups is 2. The van der Waals surface area contributed by atoms with Crippen LogP contribution >= 0.6 is 0 Å². The summed E-state index contributed by atoms with van der Waals surface area (Å²) < 4.78 is 19.2. The number of rotatable bonds is 4. The van der Waals surface area contributed by atoms with Crippen LogP contribution in [0.2, 0.25) is 0 Å². The van der Waals surface area contributed by atoms with Gasteiger partial charge in [-0.3, -0.25) is 4.79 Å². The number of hydrogen-bond acceptors (Lipinski definition) is 6. The predicted molar refractivity (Wildman–Crippen MR) is 82.7 cm³/mol. The lowest BCUT2D eigenvalue weighted by molar-refractivity contribution is -0.119. The number of ether oxygens (including phenoxy) is 1. The second-order valence-corrected chi connectivity index (χ2v) is 5.94. The number of piperidine rings is 1. The highest BCUT2D eigenvalue weighted by Crippen LogP contribution is 2.33. The molecule has 3 heterocycles. The second kappa shape index (κ2) is 6.98. The number of nitrogens with zero attached hydrogens (tertiary/aromatic N) is 4. The van der Waals surface area contributed by atoms with E-state index in [-0.39, 0.29) is 17.6 Å². The van der Waals surface area contributed by atoms with E-state index in [4.69, 9.17) is 4.74 Å². The molecule has 1 unspecified atom stereocenters. The van der Waals surface area contributed by atoms with Crippen LogP contribution in [0, 0.1) is 0 Å². The minimum Gasteiger partial charge on any atom is -0.440 e. The van der Waals surface area contributed by atoms with Crippen molar-refractivity contribution in [2.24, 2.45) is 0 Å². The third-order valence-corrected chi connectivity index (χ3v) is 4.18. The fourth-order valence-corrected chi connectivity index (χ4v) is 2.98. The Labute approximate surface area is 138 Å². The zero-order chi connectivity index (χ0) is 17.1. The maximum absolute atomic E-state index is 14.2. The van der Waals surface area contributed by atoms with Crippen molar-refractivity contribution in [2.45, 2.75) is 38.3 Å². The van der Waals surface area contributed by atoms with Crippen LogP contribution in [0.15, 0.2) is 12.3 Å². The number of anilines is 1. The fraction of sp³-hybridized carbons (Fsp3) is 0.600. The lowest BCUT2D eigenvalue weighted by atomic mass is 10.1. The Bertz CT molecular complexity index is 623. The predicted octanol–water partition coefficient (Wildman–Crippen LogP) is 1.35. The van der Waals surface area contributed by atoms with Crippen molar-refractivity contribution in [1.29, 1.82) is 0 Å².